The highest BCUT2D eigenvalue weighted by Gasteiger charge is 2.31. The highest BCUT2D eigenvalue weighted by Crippen LogP contribution is 2.23. The van der Waals surface area contributed by atoms with Crippen LogP contribution in [0.2, 0.25) is 0 Å². The number of nitrogens with two attached hydrogens (primary N) is 1. The number of amides is 1. The lowest BCUT2D eigenvalue weighted by Gasteiger charge is -2.32. The van der Waals surface area contributed by atoms with E-state index in [9.17, 15) is 17.6 Å². The number of rotatable bonds is 3. The molecule has 0 radical (unpaired) electrons. The van der Waals surface area contributed by atoms with Crippen molar-refractivity contribution in [2.75, 3.05) is 18.8 Å². The molecule has 1 saturated heterocycles. The van der Waals surface area contributed by atoms with E-state index in [0.29, 0.717) is 13.0 Å². The van der Waals surface area contributed by atoms with Gasteiger partial charge in [0.05, 0.1) is 4.90 Å². The fourth-order valence-corrected chi connectivity index (χ4v) is 4.04. The Morgan fingerprint density at radius 3 is 2.76 bits per heavy atom. The van der Waals surface area contributed by atoms with Gasteiger partial charge in [-0.2, -0.15) is 4.31 Å². The first-order chi connectivity index (χ1) is 9.79. The number of anilines is 1. The van der Waals surface area contributed by atoms with Crippen LogP contribution in [0.5, 0.6) is 0 Å². The molecule has 0 aromatic heterocycles. The number of carbonyl (C=O) groups excluding carboxylic acids is 1. The van der Waals surface area contributed by atoms with E-state index in [4.69, 9.17) is 5.73 Å². The van der Waals surface area contributed by atoms with Crippen molar-refractivity contribution >= 4 is 21.6 Å². The molecule has 0 spiro atoms. The predicted molar refractivity (Wildman–Crippen MR) is 76.4 cm³/mol. The first-order valence-corrected chi connectivity index (χ1v) is 8.06. The molecule has 1 aliphatic heterocycles. The van der Waals surface area contributed by atoms with Gasteiger partial charge in [-0.3, -0.25) is 4.79 Å². The van der Waals surface area contributed by atoms with Crippen molar-refractivity contribution in [3.05, 3.63) is 24.0 Å². The molecule has 21 heavy (non-hydrogen) atoms. The molecule has 6 nitrogen and oxygen atoms in total. The minimum Gasteiger partial charge on any atom is -0.399 e. The first kappa shape index (κ1) is 15.7. The molecule has 2 rings (SSSR count). The number of nitrogens with zero attached hydrogens (tertiary/aromatic N) is 1. The van der Waals surface area contributed by atoms with Gasteiger partial charge >= 0.3 is 0 Å². The maximum atomic E-state index is 13.4. The second-order valence-electron chi connectivity index (χ2n) is 5.12. The second-order valence-corrected chi connectivity index (χ2v) is 7.06. The lowest BCUT2D eigenvalue weighted by molar-refractivity contribution is -0.119. The standard InChI is InChI=1S/C13H18FN3O3S/c1-9(18)16-12-3-2-4-17(8-12)21(19,20)13-6-10(14)5-11(15)7-13/h5-7,12H,2-4,8,15H2,1H3,(H,16,18). The summed E-state index contributed by atoms with van der Waals surface area (Å²) in [6, 6.07) is 3.03. The van der Waals surface area contributed by atoms with Crippen LogP contribution in [0.3, 0.4) is 0 Å². The van der Waals surface area contributed by atoms with E-state index >= 15 is 0 Å². The van der Waals surface area contributed by atoms with Crippen LogP contribution in [0.1, 0.15) is 19.8 Å². The van der Waals surface area contributed by atoms with E-state index in [-0.39, 0.29) is 29.1 Å². The second kappa shape index (κ2) is 5.98. The molecule has 0 aliphatic carbocycles. The predicted octanol–water partition coefficient (Wildman–Crippen LogP) is 0.697. The van der Waals surface area contributed by atoms with Gasteiger partial charge in [0, 0.05) is 31.7 Å². The van der Waals surface area contributed by atoms with Gasteiger partial charge in [0.25, 0.3) is 0 Å². The van der Waals surface area contributed by atoms with E-state index < -0.39 is 15.8 Å². The van der Waals surface area contributed by atoms with E-state index in [1.54, 1.807) is 0 Å². The molecule has 8 heteroatoms. The zero-order chi connectivity index (χ0) is 15.6. The topological polar surface area (TPSA) is 92.5 Å². The molecule has 1 unspecified atom stereocenters. The molecular weight excluding hydrogens is 297 g/mol. The number of nitrogen functional groups attached to an aromatic ring is 1. The van der Waals surface area contributed by atoms with Crippen molar-refractivity contribution in [1.82, 2.24) is 9.62 Å². The monoisotopic (exact) mass is 315 g/mol. The molecule has 0 bridgehead atoms. The van der Waals surface area contributed by atoms with Crippen molar-refractivity contribution in [2.24, 2.45) is 0 Å². The summed E-state index contributed by atoms with van der Waals surface area (Å²) in [5.41, 5.74) is 5.56. The summed E-state index contributed by atoms with van der Waals surface area (Å²) in [6.07, 6.45) is 1.35. The number of nitrogens with one attached hydrogen (secondary N) is 1. The van der Waals surface area contributed by atoms with Gasteiger partial charge in [0.15, 0.2) is 0 Å². The number of piperidine rings is 1. The Hall–Kier alpha value is -1.67. The summed E-state index contributed by atoms with van der Waals surface area (Å²) in [5.74, 6) is -0.891. The van der Waals surface area contributed by atoms with Crippen LogP contribution in [0, 0.1) is 5.82 Å². The average molecular weight is 315 g/mol. The fourth-order valence-electron chi connectivity index (χ4n) is 2.45. The number of hydrogen-bond donors (Lipinski definition) is 2. The Morgan fingerprint density at radius 2 is 2.14 bits per heavy atom. The number of carbonyl (C=O) groups is 1. The summed E-state index contributed by atoms with van der Waals surface area (Å²) in [4.78, 5) is 10.9. The van der Waals surface area contributed by atoms with E-state index in [1.807, 2.05) is 0 Å². The third-order valence-electron chi connectivity index (χ3n) is 3.32. The molecule has 1 aromatic rings. The van der Waals surface area contributed by atoms with Crippen LogP contribution in [0.25, 0.3) is 0 Å². The van der Waals surface area contributed by atoms with Gasteiger partial charge in [-0.1, -0.05) is 0 Å². The Balaban J connectivity index is 2.24. The maximum Gasteiger partial charge on any atom is 0.243 e. The van der Waals surface area contributed by atoms with Crippen LogP contribution >= 0.6 is 0 Å². The molecule has 1 aromatic carbocycles. The number of halogens is 1. The van der Waals surface area contributed by atoms with Crippen molar-refractivity contribution in [3.63, 3.8) is 0 Å². The van der Waals surface area contributed by atoms with Crippen LogP contribution in [0.15, 0.2) is 23.1 Å². The van der Waals surface area contributed by atoms with E-state index in [2.05, 4.69) is 5.32 Å². The summed E-state index contributed by atoms with van der Waals surface area (Å²) < 4.78 is 39.6. The molecule has 3 N–H and O–H groups in total. The quantitative estimate of drug-likeness (QED) is 0.803. The maximum absolute atomic E-state index is 13.4. The van der Waals surface area contributed by atoms with E-state index in [1.165, 1.54) is 17.3 Å². The summed E-state index contributed by atoms with van der Waals surface area (Å²) >= 11 is 0. The zero-order valence-corrected chi connectivity index (χ0v) is 12.5. The minimum atomic E-state index is -3.81. The van der Waals surface area contributed by atoms with Gasteiger partial charge in [-0.05, 0) is 31.0 Å². The highest BCUT2D eigenvalue weighted by atomic mass is 32.2. The third-order valence-corrected chi connectivity index (χ3v) is 5.17. The highest BCUT2D eigenvalue weighted by molar-refractivity contribution is 7.89. The van der Waals surface area contributed by atoms with Crippen molar-refractivity contribution in [3.8, 4) is 0 Å². The molecule has 0 saturated carbocycles. The van der Waals surface area contributed by atoms with Gasteiger partial charge < -0.3 is 11.1 Å². The van der Waals surface area contributed by atoms with Crippen molar-refractivity contribution in [2.45, 2.75) is 30.7 Å². The molecule has 116 valence electrons. The van der Waals surface area contributed by atoms with Crippen LogP contribution < -0.4 is 11.1 Å². The van der Waals surface area contributed by atoms with Gasteiger partial charge in [-0.25, -0.2) is 12.8 Å². The Morgan fingerprint density at radius 1 is 1.43 bits per heavy atom. The number of sulfonamides is 1. The SMILES string of the molecule is CC(=O)NC1CCCN(S(=O)(=O)c2cc(N)cc(F)c2)C1. The number of benzene rings is 1. The molecule has 1 heterocycles. The molecule has 1 aliphatic rings. The minimum absolute atomic E-state index is 0.0593. The lowest BCUT2D eigenvalue weighted by atomic mass is 10.1. The summed E-state index contributed by atoms with van der Waals surface area (Å²) in [7, 11) is -3.81. The Labute approximate surface area is 123 Å². The molecule has 1 fully saturated rings. The van der Waals surface area contributed by atoms with Gasteiger partial charge in [0.1, 0.15) is 5.82 Å². The average Bonchev–Trinajstić information content (AvgIpc) is 2.37. The Kier molecular flexibility index (Phi) is 4.48. The lowest BCUT2D eigenvalue weighted by Crippen LogP contribution is -2.49. The largest absolute Gasteiger partial charge is 0.399 e. The van der Waals surface area contributed by atoms with Gasteiger partial charge in [0.2, 0.25) is 15.9 Å². The van der Waals surface area contributed by atoms with E-state index in [0.717, 1.165) is 18.6 Å². The van der Waals surface area contributed by atoms with Crippen LogP contribution in [-0.4, -0.2) is 37.8 Å². The smallest absolute Gasteiger partial charge is 0.243 e. The molecule has 1 amide bonds. The summed E-state index contributed by atoms with van der Waals surface area (Å²) in [6.45, 7) is 1.91. The number of hydrogen-bond acceptors (Lipinski definition) is 4. The summed E-state index contributed by atoms with van der Waals surface area (Å²) in [5, 5.41) is 2.71. The van der Waals surface area contributed by atoms with Crippen molar-refractivity contribution < 1.29 is 17.6 Å². The Bertz CT molecular complexity index is 628. The first-order valence-electron chi connectivity index (χ1n) is 6.62. The van der Waals surface area contributed by atoms with Crippen molar-refractivity contribution in [1.29, 1.82) is 0 Å². The van der Waals surface area contributed by atoms with Gasteiger partial charge in [-0.15, -0.1) is 0 Å². The molecular formula is C13H18FN3O3S. The van der Waals surface area contributed by atoms with Crippen LogP contribution in [0.4, 0.5) is 10.1 Å². The zero-order valence-electron chi connectivity index (χ0n) is 11.7. The molecule has 1 atom stereocenters. The fraction of sp³-hybridized carbons (Fsp3) is 0.462. The third kappa shape index (κ3) is 3.70. The normalized spacial score (nSPS) is 20.2. The van der Waals surface area contributed by atoms with Crippen LogP contribution in [-0.2, 0) is 14.8 Å².